The lowest BCUT2D eigenvalue weighted by molar-refractivity contribution is -0.384. The van der Waals surface area contributed by atoms with E-state index in [2.05, 4.69) is 10.6 Å². The first-order chi connectivity index (χ1) is 9.43. The van der Waals surface area contributed by atoms with Crippen LogP contribution in [0.2, 0.25) is 0 Å². The Morgan fingerprint density at radius 1 is 1.45 bits per heavy atom. The number of non-ortho nitro benzene ring substituents is 1. The Bertz CT molecular complexity index is 518. The zero-order valence-corrected chi connectivity index (χ0v) is 11.1. The van der Waals surface area contributed by atoms with Gasteiger partial charge in [-0.2, -0.15) is 0 Å². The Morgan fingerprint density at radius 3 is 2.75 bits per heavy atom. The van der Waals surface area contributed by atoms with E-state index in [1.807, 2.05) is 0 Å². The first-order valence-corrected chi connectivity index (χ1v) is 5.93. The monoisotopic (exact) mass is 281 g/mol. The number of ether oxygens (including phenoxy) is 1. The van der Waals surface area contributed by atoms with Crippen molar-refractivity contribution in [3.8, 4) is 5.75 Å². The smallest absolute Gasteiger partial charge is 0.321 e. The minimum atomic E-state index is -0.959. The third-order valence-corrected chi connectivity index (χ3v) is 2.28. The summed E-state index contributed by atoms with van der Waals surface area (Å²) >= 11 is 0. The van der Waals surface area contributed by atoms with Crippen LogP contribution in [-0.2, 0) is 4.79 Å². The summed E-state index contributed by atoms with van der Waals surface area (Å²) in [6.45, 7) is 3.54. The first-order valence-electron chi connectivity index (χ1n) is 5.93. The van der Waals surface area contributed by atoms with E-state index in [4.69, 9.17) is 4.74 Å². The van der Waals surface area contributed by atoms with Crippen molar-refractivity contribution in [3.05, 3.63) is 34.4 Å². The van der Waals surface area contributed by atoms with Crippen LogP contribution in [0.5, 0.6) is 5.75 Å². The van der Waals surface area contributed by atoms with Crippen LogP contribution in [0.15, 0.2) is 24.3 Å². The highest BCUT2D eigenvalue weighted by Crippen LogP contribution is 2.20. The highest BCUT2D eigenvalue weighted by Gasteiger charge is 2.18. The zero-order valence-electron chi connectivity index (χ0n) is 11.1. The molecule has 0 radical (unpaired) electrons. The zero-order chi connectivity index (χ0) is 15.1. The van der Waals surface area contributed by atoms with Crippen LogP contribution in [-0.4, -0.2) is 29.5 Å². The minimum absolute atomic E-state index is 0.140. The number of nitrogens with zero attached hydrogens (tertiary/aromatic N) is 1. The lowest BCUT2D eigenvalue weighted by atomic mass is 10.3. The van der Waals surface area contributed by atoms with Crippen molar-refractivity contribution in [2.75, 3.05) is 6.54 Å². The number of imide groups is 1. The van der Waals surface area contributed by atoms with Gasteiger partial charge in [0.1, 0.15) is 5.75 Å². The summed E-state index contributed by atoms with van der Waals surface area (Å²) in [5.74, 6) is -0.458. The third kappa shape index (κ3) is 4.56. The van der Waals surface area contributed by atoms with Gasteiger partial charge in [-0.25, -0.2) is 4.79 Å². The van der Waals surface area contributed by atoms with E-state index in [0.29, 0.717) is 6.54 Å². The minimum Gasteiger partial charge on any atom is -0.481 e. The Kier molecular flexibility index (Phi) is 5.45. The standard InChI is InChI=1S/C12H15N3O5/c1-3-13-12(17)14-11(16)8(2)20-10-6-4-5-9(7-10)15(18)19/h4-8H,3H2,1-2H3,(H2,13,14,16,17)/t8-/m1/s1. The number of benzene rings is 1. The molecular formula is C12H15N3O5. The largest absolute Gasteiger partial charge is 0.481 e. The summed E-state index contributed by atoms with van der Waals surface area (Å²) < 4.78 is 5.25. The molecule has 0 bridgehead atoms. The van der Waals surface area contributed by atoms with Crippen LogP contribution in [0.1, 0.15) is 13.8 Å². The predicted molar refractivity (Wildman–Crippen MR) is 70.4 cm³/mol. The van der Waals surface area contributed by atoms with Crippen molar-refractivity contribution in [3.63, 3.8) is 0 Å². The van der Waals surface area contributed by atoms with E-state index in [1.165, 1.54) is 31.2 Å². The van der Waals surface area contributed by atoms with Gasteiger partial charge in [-0.1, -0.05) is 6.07 Å². The molecule has 0 aromatic heterocycles. The molecule has 1 rings (SSSR count). The SMILES string of the molecule is CCNC(=O)NC(=O)[C@@H](C)Oc1cccc([N+](=O)[O-])c1. The summed E-state index contributed by atoms with van der Waals surface area (Å²) in [5, 5.41) is 15.1. The fourth-order valence-electron chi connectivity index (χ4n) is 1.35. The highest BCUT2D eigenvalue weighted by molar-refractivity contribution is 5.96. The lowest BCUT2D eigenvalue weighted by Crippen LogP contribution is -2.45. The van der Waals surface area contributed by atoms with Crippen LogP contribution in [0.3, 0.4) is 0 Å². The number of hydrogen-bond donors (Lipinski definition) is 2. The summed E-state index contributed by atoms with van der Waals surface area (Å²) in [7, 11) is 0. The average molecular weight is 281 g/mol. The maximum absolute atomic E-state index is 11.6. The van der Waals surface area contributed by atoms with Gasteiger partial charge in [0.05, 0.1) is 11.0 Å². The van der Waals surface area contributed by atoms with Crippen LogP contribution < -0.4 is 15.4 Å². The third-order valence-electron chi connectivity index (χ3n) is 2.28. The van der Waals surface area contributed by atoms with E-state index < -0.39 is 23.0 Å². The van der Waals surface area contributed by atoms with Crippen LogP contribution in [0, 0.1) is 10.1 Å². The molecule has 8 heteroatoms. The molecule has 0 heterocycles. The van der Waals surface area contributed by atoms with Gasteiger partial charge in [-0.05, 0) is 19.9 Å². The van der Waals surface area contributed by atoms with E-state index in [9.17, 15) is 19.7 Å². The molecule has 3 amide bonds. The number of carbonyl (C=O) groups is 2. The van der Waals surface area contributed by atoms with Crippen molar-refractivity contribution in [1.29, 1.82) is 0 Å². The molecule has 0 aliphatic rings. The molecule has 1 aromatic carbocycles. The Hall–Kier alpha value is -2.64. The lowest BCUT2D eigenvalue weighted by Gasteiger charge is -2.14. The van der Waals surface area contributed by atoms with Crippen molar-refractivity contribution in [2.24, 2.45) is 0 Å². The van der Waals surface area contributed by atoms with Gasteiger partial charge in [0, 0.05) is 12.6 Å². The molecule has 0 fully saturated rings. The van der Waals surface area contributed by atoms with E-state index in [0.717, 1.165) is 0 Å². The van der Waals surface area contributed by atoms with E-state index >= 15 is 0 Å². The first kappa shape index (κ1) is 15.4. The number of nitrogens with one attached hydrogen (secondary N) is 2. The molecule has 1 aromatic rings. The van der Waals surface area contributed by atoms with Gasteiger partial charge < -0.3 is 10.1 Å². The fraction of sp³-hybridized carbons (Fsp3) is 0.333. The molecule has 0 spiro atoms. The number of nitro groups is 1. The van der Waals surface area contributed by atoms with E-state index in [1.54, 1.807) is 6.92 Å². The number of amides is 3. The van der Waals surface area contributed by atoms with Crippen LogP contribution in [0.4, 0.5) is 10.5 Å². The maximum atomic E-state index is 11.6. The van der Waals surface area contributed by atoms with Gasteiger partial charge in [0.25, 0.3) is 11.6 Å². The second-order valence-corrected chi connectivity index (χ2v) is 3.86. The second-order valence-electron chi connectivity index (χ2n) is 3.86. The number of urea groups is 1. The van der Waals surface area contributed by atoms with Crippen molar-refractivity contribution < 1.29 is 19.2 Å². The number of nitro benzene ring substituents is 1. The summed E-state index contributed by atoms with van der Waals surface area (Å²) in [6.07, 6.45) is -0.959. The van der Waals surface area contributed by atoms with Gasteiger partial charge in [-0.15, -0.1) is 0 Å². The molecule has 0 unspecified atom stereocenters. The summed E-state index contributed by atoms with van der Waals surface area (Å²) in [5.41, 5.74) is -0.140. The number of carbonyl (C=O) groups excluding carboxylic acids is 2. The molecular weight excluding hydrogens is 266 g/mol. The quantitative estimate of drug-likeness (QED) is 0.622. The molecule has 2 N–H and O–H groups in total. The molecule has 1 atom stereocenters. The second kappa shape index (κ2) is 7.07. The topological polar surface area (TPSA) is 111 Å². The number of rotatable bonds is 5. The van der Waals surface area contributed by atoms with Crippen LogP contribution >= 0.6 is 0 Å². The Morgan fingerprint density at radius 2 is 2.15 bits per heavy atom. The van der Waals surface area contributed by atoms with Gasteiger partial charge in [-0.3, -0.25) is 20.2 Å². The number of hydrogen-bond acceptors (Lipinski definition) is 5. The highest BCUT2D eigenvalue weighted by atomic mass is 16.6. The fourth-order valence-corrected chi connectivity index (χ4v) is 1.35. The van der Waals surface area contributed by atoms with Gasteiger partial charge in [0.15, 0.2) is 6.10 Å². The Balaban J connectivity index is 2.63. The van der Waals surface area contributed by atoms with Gasteiger partial charge in [0.2, 0.25) is 0 Å². The molecule has 0 saturated heterocycles. The molecule has 0 aliphatic heterocycles. The van der Waals surface area contributed by atoms with Crippen LogP contribution in [0.25, 0.3) is 0 Å². The van der Waals surface area contributed by atoms with Crippen molar-refractivity contribution >= 4 is 17.6 Å². The molecule has 0 saturated carbocycles. The molecule has 108 valence electrons. The Labute approximate surface area is 115 Å². The molecule has 20 heavy (non-hydrogen) atoms. The molecule has 8 nitrogen and oxygen atoms in total. The van der Waals surface area contributed by atoms with E-state index in [-0.39, 0.29) is 11.4 Å². The molecule has 0 aliphatic carbocycles. The predicted octanol–water partition coefficient (Wildman–Crippen LogP) is 1.21. The van der Waals surface area contributed by atoms with Gasteiger partial charge >= 0.3 is 6.03 Å². The van der Waals surface area contributed by atoms with Crippen molar-refractivity contribution in [2.45, 2.75) is 20.0 Å². The van der Waals surface area contributed by atoms with Crippen molar-refractivity contribution in [1.82, 2.24) is 10.6 Å². The summed E-state index contributed by atoms with van der Waals surface area (Å²) in [6, 6.07) is 4.83. The maximum Gasteiger partial charge on any atom is 0.321 e. The summed E-state index contributed by atoms with van der Waals surface area (Å²) in [4.78, 5) is 32.8. The normalized spacial score (nSPS) is 11.3. The average Bonchev–Trinajstić information content (AvgIpc) is 2.39.